The van der Waals surface area contributed by atoms with E-state index in [4.69, 9.17) is 9.47 Å². The fourth-order valence-electron chi connectivity index (χ4n) is 5.19. The van der Waals surface area contributed by atoms with Crippen LogP contribution in [0, 0.1) is 5.92 Å². The molecule has 4 aromatic rings. The summed E-state index contributed by atoms with van der Waals surface area (Å²) < 4.78 is 12.5. The van der Waals surface area contributed by atoms with Crippen LogP contribution in [0.3, 0.4) is 0 Å². The SMILES string of the molecule is O=C(Nc1ccc2c(c1)OCO2)[C@H]([C@@H]1CC=CCC1)N(Cc1cccnc1)C(=O)Cn1nnc2ccccc21. The first-order valence-electron chi connectivity index (χ1n) is 13.0. The van der Waals surface area contributed by atoms with E-state index in [1.807, 2.05) is 36.4 Å². The molecule has 39 heavy (non-hydrogen) atoms. The number of pyridine rings is 1. The number of carbonyl (C=O) groups excluding carboxylic acids is 2. The summed E-state index contributed by atoms with van der Waals surface area (Å²) in [6, 6.07) is 15.8. The topological polar surface area (TPSA) is 111 Å². The quantitative estimate of drug-likeness (QED) is 0.348. The summed E-state index contributed by atoms with van der Waals surface area (Å²) in [6.07, 6.45) is 9.96. The number of para-hydroxylation sites is 1. The molecule has 1 aliphatic carbocycles. The van der Waals surface area contributed by atoms with E-state index in [0.29, 0.717) is 29.1 Å². The normalized spacial score (nSPS) is 16.7. The maximum absolute atomic E-state index is 14.0. The van der Waals surface area contributed by atoms with Crippen LogP contribution < -0.4 is 14.8 Å². The van der Waals surface area contributed by atoms with Gasteiger partial charge in [0.25, 0.3) is 0 Å². The van der Waals surface area contributed by atoms with Crippen LogP contribution in [-0.4, -0.2) is 49.5 Å². The van der Waals surface area contributed by atoms with Crippen molar-refractivity contribution in [3.63, 3.8) is 0 Å². The van der Waals surface area contributed by atoms with E-state index in [2.05, 4.69) is 32.8 Å². The Labute approximate surface area is 225 Å². The van der Waals surface area contributed by atoms with Crippen molar-refractivity contribution in [1.82, 2.24) is 24.9 Å². The van der Waals surface area contributed by atoms with E-state index in [9.17, 15) is 9.59 Å². The monoisotopic (exact) mass is 524 g/mol. The molecule has 2 aliphatic rings. The number of fused-ring (bicyclic) bond motifs is 2. The number of aromatic nitrogens is 4. The first kappa shape index (κ1) is 24.6. The number of nitrogens with zero attached hydrogens (tertiary/aromatic N) is 5. The average molecular weight is 525 g/mol. The van der Waals surface area contributed by atoms with Gasteiger partial charge in [0.15, 0.2) is 11.5 Å². The molecule has 0 saturated heterocycles. The number of benzene rings is 2. The molecule has 198 valence electrons. The highest BCUT2D eigenvalue weighted by Gasteiger charge is 2.37. The van der Waals surface area contributed by atoms with Gasteiger partial charge in [-0.15, -0.1) is 5.10 Å². The highest BCUT2D eigenvalue weighted by atomic mass is 16.7. The number of carbonyl (C=O) groups is 2. The van der Waals surface area contributed by atoms with Gasteiger partial charge >= 0.3 is 0 Å². The lowest BCUT2D eigenvalue weighted by Gasteiger charge is -2.37. The molecule has 0 saturated carbocycles. The molecule has 0 bridgehead atoms. The highest BCUT2D eigenvalue weighted by Crippen LogP contribution is 2.35. The third-order valence-electron chi connectivity index (χ3n) is 7.10. The fraction of sp³-hybridized carbons (Fsp3) is 0.276. The van der Waals surface area contributed by atoms with Gasteiger partial charge < -0.3 is 19.7 Å². The Bertz CT molecular complexity index is 1520. The van der Waals surface area contributed by atoms with E-state index < -0.39 is 6.04 Å². The molecule has 0 radical (unpaired) electrons. The van der Waals surface area contributed by atoms with Crippen LogP contribution in [0.15, 0.2) is 79.1 Å². The summed E-state index contributed by atoms with van der Waals surface area (Å²) in [6.45, 7) is 0.337. The van der Waals surface area contributed by atoms with Crippen LogP contribution in [0.25, 0.3) is 11.0 Å². The smallest absolute Gasteiger partial charge is 0.247 e. The number of nitrogens with one attached hydrogen (secondary N) is 1. The van der Waals surface area contributed by atoms with Crippen molar-refractivity contribution in [3.8, 4) is 11.5 Å². The zero-order valence-electron chi connectivity index (χ0n) is 21.3. The molecule has 2 aromatic heterocycles. The van der Waals surface area contributed by atoms with Gasteiger partial charge in [-0.1, -0.05) is 35.6 Å². The number of rotatable bonds is 8. The van der Waals surface area contributed by atoms with Crippen LogP contribution >= 0.6 is 0 Å². The lowest BCUT2D eigenvalue weighted by atomic mass is 9.85. The Morgan fingerprint density at radius 2 is 1.97 bits per heavy atom. The Hall–Kier alpha value is -4.73. The zero-order valence-corrected chi connectivity index (χ0v) is 21.3. The molecule has 1 N–H and O–H groups in total. The molecule has 10 nitrogen and oxygen atoms in total. The molecule has 1 aliphatic heterocycles. The molecule has 0 spiro atoms. The maximum Gasteiger partial charge on any atom is 0.247 e. The lowest BCUT2D eigenvalue weighted by Crippen LogP contribution is -2.52. The first-order chi connectivity index (χ1) is 19.2. The van der Waals surface area contributed by atoms with Crippen molar-refractivity contribution in [3.05, 3.63) is 84.7 Å². The first-order valence-corrected chi connectivity index (χ1v) is 13.0. The van der Waals surface area contributed by atoms with E-state index >= 15 is 0 Å². The number of amides is 2. The Kier molecular flexibility index (Phi) is 6.90. The van der Waals surface area contributed by atoms with Gasteiger partial charge in [-0.25, -0.2) is 4.68 Å². The van der Waals surface area contributed by atoms with E-state index in [0.717, 1.165) is 23.9 Å². The molecule has 6 rings (SSSR count). The third-order valence-corrected chi connectivity index (χ3v) is 7.10. The molecular weight excluding hydrogens is 496 g/mol. The second-order valence-electron chi connectivity index (χ2n) is 9.67. The van der Waals surface area contributed by atoms with Gasteiger partial charge in [-0.3, -0.25) is 14.6 Å². The van der Waals surface area contributed by atoms with Gasteiger partial charge in [0.1, 0.15) is 18.1 Å². The van der Waals surface area contributed by atoms with Crippen molar-refractivity contribution < 1.29 is 19.1 Å². The van der Waals surface area contributed by atoms with Gasteiger partial charge in [0, 0.05) is 30.7 Å². The second kappa shape index (κ2) is 10.9. The molecule has 3 heterocycles. The minimum Gasteiger partial charge on any atom is -0.454 e. The number of hydrogen-bond donors (Lipinski definition) is 1. The predicted octanol–water partition coefficient (Wildman–Crippen LogP) is 3.95. The molecule has 2 atom stereocenters. The Balaban J connectivity index is 1.33. The van der Waals surface area contributed by atoms with Crippen LogP contribution in [0.4, 0.5) is 5.69 Å². The maximum atomic E-state index is 14.0. The van der Waals surface area contributed by atoms with Gasteiger partial charge in [-0.2, -0.15) is 0 Å². The zero-order chi connectivity index (χ0) is 26.6. The summed E-state index contributed by atoms with van der Waals surface area (Å²) in [7, 11) is 0. The molecule has 2 amide bonds. The van der Waals surface area contributed by atoms with Crippen molar-refractivity contribution >= 4 is 28.5 Å². The predicted molar refractivity (Wildman–Crippen MR) is 144 cm³/mol. The van der Waals surface area contributed by atoms with Crippen LogP contribution in [-0.2, 0) is 22.7 Å². The molecule has 0 unspecified atom stereocenters. The van der Waals surface area contributed by atoms with E-state index in [1.54, 1.807) is 40.2 Å². The van der Waals surface area contributed by atoms with Gasteiger partial charge in [0.05, 0.1) is 5.52 Å². The number of anilines is 1. The average Bonchev–Trinajstić information content (AvgIpc) is 3.61. The summed E-state index contributed by atoms with van der Waals surface area (Å²) in [4.78, 5) is 33.9. The number of allylic oxidation sites excluding steroid dienone is 2. The van der Waals surface area contributed by atoms with Crippen LogP contribution in [0.1, 0.15) is 24.8 Å². The minimum atomic E-state index is -0.720. The molecular formula is C29H28N6O4. The second-order valence-corrected chi connectivity index (χ2v) is 9.67. The number of ether oxygens (including phenoxy) is 2. The highest BCUT2D eigenvalue weighted by molar-refractivity contribution is 5.98. The molecule has 10 heteroatoms. The van der Waals surface area contributed by atoms with Gasteiger partial charge in [0.2, 0.25) is 18.6 Å². The summed E-state index contributed by atoms with van der Waals surface area (Å²) in [5.41, 5.74) is 2.88. The third kappa shape index (κ3) is 5.31. The largest absolute Gasteiger partial charge is 0.454 e. The van der Waals surface area contributed by atoms with Crippen molar-refractivity contribution in [1.29, 1.82) is 0 Å². The van der Waals surface area contributed by atoms with Crippen molar-refractivity contribution in [2.45, 2.75) is 38.4 Å². The van der Waals surface area contributed by atoms with Crippen LogP contribution in [0.5, 0.6) is 11.5 Å². The molecule has 2 aromatic carbocycles. The Morgan fingerprint density at radius 1 is 1.08 bits per heavy atom. The molecule has 0 fully saturated rings. The summed E-state index contributed by atoms with van der Waals surface area (Å²) >= 11 is 0. The standard InChI is InChI=1S/C29H28N6O4/c36-27(18-35-24-11-5-4-10-23(24)32-33-35)34(17-20-7-6-14-30-16-20)28(21-8-2-1-3-9-21)29(37)31-22-12-13-25-26(15-22)39-19-38-25/h1-2,4-7,10-16,21,28H,3,8-9,17-19H2,(H,31,37)/t21-,28+/m1/s1. The van der Waals surface area contributed by atoms with E-state index in [1.165, 1.54) is 0 Å². The summed E-state index contributed by atoms with van der Waals surface area (Å²) in [5.74, 6) is 0.670. The van der Waals surface area contributed by atoms with Crippen molar-refractivity contribution in [2.75, 3.05) is 12.1 Å². The minimum absolute atomic E-state index is 0.0445. The van der Waals surface area contributed by atoms with Gasteiger partial charge in [-0.05, 0) is 61.1 Å². The van der Waals surface area contributed by atoms with Crippen LogP contribution in [0.2, 0.25) is 0 Å². The fourth-order valence-corrected chi connectivity index (χ4v) is 5.19. The number of hydrogen-bond acceptors (Lipinski definition) is 7. The summed E-state index contributed by atoms with van der Waals surface area (Å²) in [5, 5.41) is 11.4. The van der Waals surface area contributed by atoms with Crippen molar-refractivity contribution in [2.24, 2.45) is 5.92 Å². The lowest BCUT2D eigenvalue weighted by molar-refractivity contribution is -0.142. The Morgan fingerprint density at radius 3 is 2.82 bits per heavy atom. The van der Waals surface area contributed by atoms with E-state index in [-0.39, 0.29) is 37.6 Å².